The van der Waals surface area contributed by atoms with Gasteiger partial charge in [-0.2, -0.15) is 8.42 Å². The Morgan fingerprint density at radius 1 is 1.35 bits per heavy atom. The number of rotatable bonds is 4. The van der Waals surface area contributed by atoms with Crippen molar-refractivity contribution in [2.24, 2.45) is 5.73 Å². The summed E-state index contributed by atoms with van der Waals surface area (Å²) in [7, 11) is -3.88. The van der Waals surface area contributed by atoms with Crippen LogP contribution in [0.4, 0.5) is 0 Å². The van der Waals surface area contributed by atoms with E-state index in [0.29, 0.717) is 0 Å². The number of hydrogen-bond donors (Lipinski definition) is 3. The van der Waals surface area contributed by atoms with Gasteiger partial charge in [0.15, 0.2) is 0 Å². The highest BCUT2D eigenvalue weighted by molar-refractivity contribution is 7.86. The third kappa shape index (κ3) is 3.40. The summed E-state index contributed by atoms with van der Waals surface area (Å²) >= 11 is 0. The zero-order valence-electron chi connectivity index (χ0n) is 9.49. The first-order valence-electron chi connectivity index (χ1n) is 4.83. The highest BCUT2D eigenvalue weighted by atomic mass is 32.2. The maximum absolute atomic E-state index is 11.1. The molecule has 0 unspecified atom stereocenters. The van der Waals surface area contributed by atoms with Crippen molar-refractivity contribution >= 4 is 10.1 Å². The largest absolute Gasteiger partial charge is 0.508 e. The molecule has 0 aliphatic rings. The molecule has 0 aliphatic carbocycles. The summed E-state index contributed by atoms with van der Waals surface area (Å²) in [5.41, 5.74) is 5.70. The number of hydrogen-bond acceptors (Lipinski definition) is 6. The van der Waals surface area contributed by atoms with Crippen LogP contribution < -0.4 is 5.73 Å². The second-order valence-corrected chi connectivity index (χ2v) is 5.39. The van der Waals surface area contributed by atoms with Crippen molar-refractivity contribution in [3.8, 4) is 5.75 Å². The minimum absolute atomic E-state index is 0.0138. The molecule has 0 spiro atoms. The zero-order valence-corrected chi connectivity index (χ0v) is 10.3. The first-order valence-corrected chi connectivity index (χ1v) is 6.65. The van der Waals surface area contributed by atoms with Crippen molar-refractivity contribution in [1.29, 1.82) is 0 Å². The smallest absolute Gasteiger partial charge is 0.267 e. The van der Waals surface area contributed by atoms with Crippen molar-refractivity contribution in [3.05, 3.63) is 29.8 Å². The van der Waals surface area contributed by atoms with Gasteiger partial charge >= 0.3 is 0 Å². The van der Waals surface area contributed by atoms with E-state index in [9.17, 15) is 13.5 Å². The summed E-state index contributed by atoms with van der Waals surface area (Å²) in [4.78, 5) is 0. The SMILES string of the molecule is C[C@H](N)[C@](O)(OS(C)(=O)=O)c1ccc(O)cc1. The predicted octanol–water partition coefficient (Wildman–Crippen LogP) is -0.139. The van der Waals surface area contributed by atoms with Crippen LogP contribution in [0.25, 0.3) is 0 Å². The summed E-state index contributed by atoms with van der Waals surface area (Å²) in [6.07, 6.45) is 0.820. The molecule has 1 aromatic rings. The Kier molecular flexibility index (Phi) is 3.78. The molecule has 7 heteroatoms. The van der Waals surface area contributed by atoms with E-state index in [1.807, 2.05) is 0 Å². The molecule has 96 valence electrons. The number of phenolic OH excluding ortho intramolecular Hbond substituents is 1. The first-order chi connectivity index (χ1) is 7.65. The fourth-order valence-electron chi connectivity index (χ4n) is 1.32. The molecule has 0 fully saturated rings. The Bertz CT molecular complexity index is 482. The molecule has 17 heavy (non-hydrogen) atoms. The van der Waals surface area contributed by atoms with E-state index in [-0.39, 0.29) is 11.3 Å². The monoisotopic (exact) mass is 261 g/mol. The van der Waals surface area contributed by atoms with Gasteiger partial charge in [-0.3, -0.25) is 0 Å². The molecule has 0 amide bonds. The van der Waals surface area contributed by atoms with Gasteiger partial charge in [0, 0.05) is 5.56 Å². The van der Waals surface area contributed by atoms with Crippen LogP contribution in [-0.2, 0) is 20.1 Å². The molecule has 0 saturated carbocycles. The number of benzene rings is 1. The number of phenols is 1. The van der Waals surface area contributed by atoms with Gasteiger partial charge in [0.05, 0.1) is 12.3 Å². The van der Waals surface area contributed by atoms with Gasteiger partial charge in [0.2, 0.25) is 5.79 Å². The average molecular weight is 261 g/mol. The van der Waals surface area contributed by atoms with E-state index in [0.717, 1.165) is 6.26 Å². The third-order valence-electron chi connectivity index (χ3n) is 2.18. The third-order valence-corrected chi connectivity index (χ3v) is 2.73. The van der Waals surface area contributed by atoms with E-state index < -0.39 is 21.9 Å². The molecule has 0 bridgehead atoms. The lowest BCUT2D eigenvalue weighted by atomic mass is 10.00. The molecule has 0 aromatic heterocycles. The Labute approximate surface area is 99.8 Å². The van der Waals surface area contributed by atoms with Crippen LogP contribution >= 0.6 is 0 Å². The fraction of sp³-hybridized carbons (Fsp3) is 0.400. The Morgan fingerprint density at radius 2 is 1.82 bits per heavy atom. The van der Waals surface area contributed by atoms with Crippen LogP contribution in [-0.4, -0.2) is 30.9 Å². The lowest BCUT2D eigenvalue weighted by Crippen LogP contribution is -2.46. The summed E-state index contributed by atoms with van der Waals surface area (Å²) in [5, 5.41) is 19.3. The van der Waals surface area contributed by atoms with E-state index in [4.69, 9.17) is 10.8 Å². The minimum Gasteiger partial charge on any atom is -0.508 e. The van der Waals surface area contributed by atoms with E-state index in [1.54, 1.807) is 0 Å². The highest BCUT2D eigenvalue weighted by Crippen LogP contribution is 2.28. The van der Waals surface area contributed by atoms with Gasteiger partial charge in [-0.05, 0) is 31.2 Å². The maximum Gasteiger partial charge on any atom is 0.267 e. The Balaban J connectivity index is 3.21. The number of aromatic hydroxyl groups is 1. The van der Waals surface area contributed by atoms with Crippen molar-refractivity contribution < 1.29 is 22.8 Å². The number of aliphatic hydroxyl groups is 1. The van der Waals surface area contributed by atoms with Crippen molar-refractivity contribution in [2.75, 3.05) is 6.26 Å². The summed E-state index contributed by atoms with van der Waals surface area (Å²) < 4.78 is 26.8. The Hall–Kier alpha value is -1.15. The van der Waals surface area contributed by atoms with Crippen molar-refractivity contribution in [1.82, 2.24) is 0 Å². The van der Waals surface area contributed by atoms with E-state index in [1.165, 1.54) is 31.2 Å². The molecule has 0 aliphatic heterocycles. The lowest BCUT2D eigenvalue weighted by Gasteiger charge is -2.30. The standard InChI is InChI=1S/C10H15NO5S/c1-7(11)10(13,16-17(2,14)15)8-3-5-9(12)6-4-8/h3-7,12-13H,11H2,1-2H3/t7-,10-/m0/s1. The molecule has 6 nitrogen and oxygen atoms in total. The van der Waals surface area contributed by atoms with Crippen LogP contribution in [0.3, 0.4) is 0 Å². The maximum atomic E-state index is 11.1. The molecule has 1 rings (SSSR count). The van der Waals surface area contributed by atoms with E-state index in [2.05, 4.69) is 4.18 Å². The topological polar surface area (TPSA) is 110 Å². The molecule has 4 N–H and O–H groups in total. The second kappa shape index (κ2) is 4.61. The van der Waals surface area contributed by atoms with Gasteiger partial charge in [-0.25, -0.2) is 4.18 Å². The second-order valence-electron chi connectivity index (χ2n) is 3.82. The molecule has 0 saturated heterocycles. The zero-order chi connectivity index (χ0) is 13.3. The molecular formula is C10H15NO5S. The van der Waals surface area contributed by atoms with Gasteiger partial charge < -0.3 is 15.9 Å². The van der Waals surface area contributed by atoms with Crippen LogP contribution in [0.2, 0.25) is 0 Å². The van der Waals surface area contributed by atoms with Gasteiger partial charge in [0.25, 0.3) is 10.1 Å². The highest BCUT2D eigenvalue weighted by Gasteiger charge is 2.38. The quantitative estimate of drug-likeness (QED) is 0.514. The van der Waals surface area contributed by atoms with E-state index >= 15 is 0 Å². The normalized spacial score (nSPS) is 17.4. The molecule has 2 atom stereocenters. The van der Waals surface area contributed by atoms with Crippen LogP contribution in [0.1, 0.15) is 12.5 Å². The van der Waals surface area contributed by atoms with Gasteiger partial charge in [-0.15, -0.1) is 0 Å². The van der Waals surface area contributed by atoms with Crippen LogP contribution in [0.15, 0.2) is 24.3 Å². The molecular weight excluding hydrogens is 246 g/mol. The average Bonchev–Trinajstić information content (AvgIpc) is 2.15. The Morgan fingerprint density at radius 3 is 2.18 bits per heavy atom. The molecule has 0 radical (unpaired) electrons. The van der Waals surface area contributed by atoms with Gasteiger partial charge in [-0.1, -0.05) is 0 Å². The first kappa shape index (κ1) is 13.9. The predicted molar refractivity (Wildman–Crippen MR) is 61.6 cm³/mol. The number of nitrogens with two attached hydrogens (primary N) is 1. The minimum atomic E-state index is -3.88. The van der Waals surface area contributed by atoms with Gasteiger partial charge in [0.1, 0.15) is 5.75 Å². The summed E-state index contributed by atoms with van der Waals surface area (Å²) in [5.74, 6) is -2.17. The summed E-state index contributed by atoms with van der Waals surface area (Å²) in [6.45, 7) is 1.41. The van der Waals surface area contributed by atoms with Crippen LogP contribution in [0.5, 0.6) is 5.75 Å². The molecule has 0 heterocycles. The lowest BCUT2D eigenvalue weighted by molar-refractivity contribution is -0.155. The molecule has 1 aromatic carbocycles. The summed E-state index contributed by atoms with van der Waals surface area (Å²) in [6, 6.07) is 4.30. The van der Waals surface area contributed by atoms with Crippen LogP contribution in [0, 0.1) is 0 Å². The fourth-order valence-corrected chi connectivity index (χ4v) is 2.03. The van der Waals surface area contributed by atoms with Crippen molar-refractivity contribution in [2.45, 2.75) is 18.8 Å². The van der Waals surface area contributed by atoms with Crippen molar-refractivity contribution in [3.63, 3.8) is 0 Å².